The second kappa shape index (κ2) is 5.74. The molecule has 1 aliphatic heterocycles. The van der Waals surface area contributed by atoms with Crippen LogP contribution in [0.15, 0.2) is 23.4 Å². The third-order valence-corrected chi connectivity index (χ3v) is 3.25. The number of morpholine rings is 1. The lowest BCUT2D eigenvalue weighted by atomic mass is 10.1. The van der Waals surface area contributed by atoms with Gasteiger partial charge in [-0.15, -0.1) is 0 Å². The van der Waals surface area contributed by atoms with Gasteiger partial charge in [0, 0.05) is 30.4 Å². The molecular formula is C12H16N4O4. The van der Waals surface area contributed by atoms with Gasteiger partial charge in [-0.1, -0.05) is 5.16 Å². The molecular weight excluding hydrogens is 264 g/mol. The quantitative estimate of drug-likeness (QED) is 0.280. The molecule has 0 radical (unpaired) electrons. The van der Waals surface area contributed by atoms with Crippen LogP contribution in [-0.2, 0) is 4.74 Å². The Bertz CT molecular complexity index is 546. The van der Waals surface area contributed by atoms with Gasteiger partial charge in [-0.05, 0) is 13.0 Å². The fourth-order valence-electron chi connectivity index (χ4n) is 2.23. The van der Waals surface area contributed by atoms with Gasteiger partial charge in [0.25, 0.3) is 5.69 Å². The zero-order valence-corrected chi connectivity index (χ0v) is 11.0. The summed E-state index contributed by atoms with van der Waals surface area (Å²) in [6, 6.07) is 4.45. The molecule has 2 rings (SSSR count). The number of hydrogen-bond acceptors (Lipinski definition) is 6. The van der Waals surface area contributed by atoms with Gasteiger partial charge >= 0.3 is 0 Å². The summed E-state index contributed by atoms with van der Waals surface area (Å²) in [5, 5.41) is 22.7. The van der Waals surface area contributed by atoms with Crippen LogP contribution in [0.2, 0.25) is 0 Å². The number of oxime groups is 1. The molecule has 3 N–H and O–H groups in total. The Labute approximate surface area is 115 Å². The average Bonchev–Trinajstić information content (AvgIpc) is 2.46. The molecule has 1 fully saturated rings. The van der Waals surface area contributed by atoms with Crippen LogP contribution >= 0.6 is 0 Å². The van der Waals surface area contributed by atoms with E-state index in [0.29, 0.717) is 31.0 Å². The van der Waals surface area contributed by atoms with Crippen molar-refractivity contribution in [3.8, 4) is 0 Å². The largest absolute Gasteiger partial charge is 0.409 e. The second-order valence-electron chi connectivity index (χ2n) is 4.56. The Morgan fingerprint density at radius 2 is 2.40 bits per heavy atom. The molecule has 108 valence electrons. The molecule has 1 aromatic carbocycles. The van der Waals surface area contributed by atoms with E-state index in [9.17, 15) is 10.1 Å². The molecule has 0 aromatic heterocycles. The molecule has 0 aliphatic carbocycles. The summed E-state index contributed by atoms with van der Waals surface area (Å²) in [5.74, 6) is -0.151. The highest BCUT2D eigenvalue weighted by molar-refractivity contribution is 6.02. The number of hydrogen-bond donors (Lipinski definition) is 2. The summed E-state index contributed by atoms with van der Waals surface area (Å²) >= 11 is 0. The van der Waals surface area contributed by atoms with Gasteiger partial charge in [0.05, 0.1) is 23.7 Å². The second-order valence-corrected chi connectivity index (χ2v) is 4.56. The van der Waals surface area contributed by atoms with Gasteiger partial charge in [-0.2, -0.15) is 0 Å². The summed E-state index contributed by atoms with van der Waals surface area (Å²) in [4.78, 5) is 12.4. The van der Waals surface area contributed by atoms with E-state index in [0.717, 1.165) is 0 Å². The Balaban J connectivity index is 2.48. The first-order valence-electron chi connectivity index (χ1n) is 6.15. The third kappa shape index (κ3) is 2.64. The van der Waals surface area contributed by atoms with E-state index in [1.165, 1.54) is 12.1 Å². The van der Waals surface area contributed by atoms with Crippen molar-refractivity contribution in [3.05, 3.63) is 33.9 Å². The summed E-state index contributed by atoms with van der Waals surface area (Å²) in [6.07, 6.45) is 0. The fraction of sp³-hybridized carbons (Fsp3) is 0.417. The third-order valence-electron chi connectivity index (χ3n) is 3.25. The average molecular weight is 280 g/mol. The normalized spacial score (nSPS) is 19.9. The zero-order chi connectivity index (χ0) is 14.7. The molecule has 8 nitrogen and oxygen atoms in total. The number of rotatable bonds is 3. The minimum Gasteiger partial charge on any atom is -0.409 e. The number of benzene rings is 1. The molecule has 0 bridgehead atoms. The van der Waals surface area contributed by atoms with E-state index in [1.54, 1.807) is 6.07 Å². The summed E-state index contributed by atoms with van der Waals surface area (Å²) in [6.45, 7) is 3.75. The first kappa shape index (κ1) is 14.1. The minimum absolute atomic E-state index is 0.101. The van der Waals surface area contributed by atoms with Crippen LogP contribution in [0.5, 0.6) is 0 Å². The number of nitrogens with two attached hydrogens (primary N) is 1. The van der Waals surface area contributed by atoms with Gasteiger partial charge in [0.1, 0.15) is 0 Å². The molecule has 1 heterocycles. The predicted octanol–water partition coefficient (Wildman–Crippen LogP) is 0.914. The number of amidine groups is 1. The molecule has 1 aromatic rings. The zero-order valence-electron chi connectivity index (χ0n) is 11.0. The van der Waals surface area contributed by atoms with E-state index in [4.69, 9.17) is 15.7 Å². The first-order valence-corrected chi connectivity index (χ1v) is 6.15. The van der Waals surface area contributed by atoms with Crippen LogP contribution in [0.25, 0.3) is 0 Å². The van der Waals surface area contributed by atoms with E-state index in [2.05, 4.69) is 5.16 Å². The minimum atomic E-state index is -0.513. The first-order chi connectivity index (χ1) is 9.54. The summed E-state index contributed by atoms with van der Waals surface area (Å²) < 4.78 is 5.36. The lowest BCUT2D eigenvalue weighted by Crippen LogP contribution is -2.44. The van der Waals surface area contributed by atoms with Crippen LogP contribution in [0.4, 0.5) is 11.4 Å². The smallest absolute Gasteiger partial charge is 0.270 e. The van der Waals surface area contributed by atoms with Gasteiger partial charge in [-0.3, -0.25) is 10.1 Å². The highest BCUT2D eigenvalue weighted by atomic mass is 16.6. The number of nitro groups is 1. The summed E-state index contributed by atoms with van der Waals surface area (Å²) in [5.41, 5.74) is 6.57. The van der Waals surface area contributed by atoms with Crippen LogP contribution in [-0.4, -0.2) is 41.8 Å². The SMILES string of the molecule is CC1COCCN1c1ccc([N+](=O)[O-])cc1C(N)=NO. The Kier molecular flexibility index (Phi) is 4.04. The maximum atomic E-state index is 10.8. The Hall–Kier alpha value is -2.35. The van der Waals surface area contributed by atoms with Gasteiger partial charge in [-0.25, -0.2) is 0 Å². The predicted molar refractivity (Wildman–Crippen MR) is 73.2 cm³/mol. The number of nitrogens with zero attached hydrogens (tertiary/aromatic N) is 3. The van der Waals surface area contributed by atoms with Crippen molar-refractivity contribution in [2.75, 3.05) is 24.7 Å². The molecule has 1 saturated heterocycles. The number of non-ortho nitro benzene ring substituents is 1. The lowest BCUT2D eigenvalue weighted by Gasteiger charge is -2.36. The molecule has 1 unspecified atom stereocenters. The van der Waals surface area contributed by atoms with E-state index < -0.39 is 4.92 Å². The number of nitro benzene ring substituents is 1. The number of anilines is 1. The monoisotopic (exact) mass is 280 g/mol. The van der Waals surface area contributed by atoms with Gasteiger partial charge < -0.3 is 20.6 Å². The van der Waals surface area contributed by atoms with Gasteiger partial charge in [0.15, 0.2) is 5.84 Å². The van der Waals surface area contributed by atoms with E-state index in [1.807, 2.05) is 11.8 Å². The van der Waals surface area contributed by atoms with Crippen molar-refractivity contribution < 1.29 is 14.9 Å². The molecule has 1 atom stereocenters. The number of ether oxygens (including phenoxy) is 1. The molecule has 0 spiro atoms. The van der Waals surface area contributed by atoms with Crippen molar-refractivity contribution in [2.24, 2.45) is 10.9 Å². The van der Waals surface area contributed by atoms with Crippen molar-refractivity contribution >= 4 is 17.2 Å². The standard InChI is InChI=1S/C12H16N4O4/c1-8-7-20-5-4-15(8)11-3-2-9(16(18)19)6-10(11)12(13)14-17/h2-3,6,8,17H,4-5,7H2,1H3,(H2,13,14). The van der Waals surface area contributed by atoms with Crippen molar-refractivity contribution in [1.82, 2.24) is 0 Å². The molecule has 0 amide bonds. The van der Waals surface area contributed by atoms with Crippen LogP contribution in [0.3, 0.4) is 0 Å². The van der Waals surface area contributed by atoms with Crippen molar-refractivity contribution in [3.63, 3.8) is 0 Å². The molecule has 8 heteroatoms. The topological polar surface area (TPSA) is 114 Å². The van der Waals surface area contributed by atoms with Crippen LogP contribution in [0.1, 0.15) is 12.5 Å². The summed E-state index contributed by atoms with van der Waals surface area (Å²) in [7, 11) is 0. The highest BCUT2D eigenvalue weighted by Gasteiger charge is 2.24. The maximum absolute atomic E-state index is 10.8. The highest BCUT2D eigenvalue weighted by Crippen LogP contribution is 2.28. The molecule has 1 aliphatic rings. The Morgan fingerprint density at radius 1 is 1.65 bits per heavy atom. The maximum Gasteiger partial charge on any atom is 0.270 e. The van der Waals surface area contributed by atoms with Crippen molar-refractivity contribution in [2.45, 2.75) is 13.0 Å². The van der Waals surface area contributed by atoms with E-state index in [-0.39, 0.29) is 17.6 Å². The lowest BCUT2D eigenvalue weighted by molar-refractivity contribution is -0.384. The molecule has 20 heavy (non-hydrogen) atoms. The van der Waals surface area contributed by atoms with Crippen LogP contribution < -0.4 is 10.6 Å². The molecule has 0 saturated carbocycles. The fourth-order valence-corrected chi connectivity index (χ4v) is 2.23. The van der Waals surface area contributed by atoms with Crippen molar-refractivity contribution in [1.29, 1.82) is 0 Å². The van der Waals surface area contributed by atoms with Gasteiger partial charge in [0.2, 0.25) is 0 Å². The van der Waals surface area contributed by atoms with E-state index >= 15 is 0 Å². The Morgan fingerprint density at radius 3 is 3.00 bits per heavy atom. The van der Waals surface area contributed by atoms with Crippen LogP contribution in [0, 0.1) is 10.1 Å².